The maximum Gasteiger partial charge on any atom is 0.133 e. The van der Waals surface area contributed by atoms with Crippen molar-refractivity contribution in [1.82, 2.24) is 15.0 Å². The van der Waals surface area contributed by atoms with Gasteiger partial charge in [-0.05, 0) is 24.8 Å². The normalized spacial score (nSPS) is 22.5. The van der Waals surface area contributed by atoms with Crippen molar-refractivity contribution in [2.45, 2.75) is 68.0 Å². The number of aliphatic imine (C=N–C) groups is 1. The smallest absolute Gasteiger partial charge is 0.133 e. The third-order valence-corrected chi connectivity index (χ3v) is 5.18. The summed E-state index contributed by atoms with van der Waals surface area (Å²) in [7, 11) is 0. The van der Waals surface area contributed by atoms with Crippen molar-refractivity contribution >= 4 is 5.84 Å². The van der Waals surface area contributed by atoms with Gasteiger partial charge in [-0.25, -0.2) is 0 Å². The second-order valence-electron chi connectivity index (χ2n) is 9.78. The Morgan fingerprint density at radius 2 is 1.81 bits per heavy atom. The molecule has 1 aromatic heterocycles. The lowest BCUT2D eigenvalue weighted by atomic mass is 9.78. The number of hydrogen-bond donors (Lipinski definition) is 0. The summed E-state index contributed by atoms with van der Waals surface area (Å²) < 4.78 is 5.25. The number of rotatable bonds is 2. The van der Waals surface area contributed by atoms with Gasteiger partial charge in [-0.2, -0.15) is 0 Å². The van der Waals surface area contributed by atoms with Crippen LogP contribution < -0.4 is 0 Å². The molecular formula is C21H34N4O. The van der Waals surface area contributed by atoms with Crippen molar-refractivity contribution < 1.29 is 4.52 Å². The predicted octanol–water partition coefficient (Wildman–Crippen LogP) is 4.25. The van der Waals surface area contributed by atoms with E-state index in [4.69, 9.17) is 9.52 Å². The van der Waals surface area contributed by atoms with Gasteiger partial charge in [-0.3, -0.25) is 9.89 Å². The summed E-state index contributed by atoms with van der Waals surface area (Å²) in [5.41, 5.74) is 4.08. The van der Waals surface area contributed by atoms with E-state index in [1.807, 2.05) is 13.0 Å². The molecular weight excluding hydrogens is 324 g/mol. The van der Waals surface area contributed by atoms with Gasteiger partial charge in [0.15, 0.2) is 0 Å². The van der Waals surface area contributed by atoms with Gasteiger partial charge in [-0.15, -0.1) is 0 Å². The highest BCUT2D eigenvalue weighted by Gasteiger charge is 2.40. The number of hydrogen-bond acceptors (Lipinski definition) is 5. The summed E-state index contributed by atoms with van der Waals surface area (Å²) in [5.74, 6) is 2.10. The largest absolute Gasteiger partial charge is 0.361 e. The average Bonchev–Trinajstić information content (AvgIpc) is 2.88. The minimum Gasteiger partial charge on any atom is -0.361 e. The second-order valence-corrected chi connectivity index (χ2v) is 9.78. The number of aryl methyl sites for hydroxylation is 1. The molecule has 26 heavy (non-hydrogen) atoms. The van der Waals surface area contributed by atoms with Crippen molar-refractivity contribution in [3.05, 3.63) is 28.8 Å². The van der Waals surface area contributed by atoms with Crippen LogP contribution in [0.5, 0.6) is 0 Å². The zero-order valence-electron chi connectivity index (χ0n) is 17.7. The SMILES string of the molecule is Cc1cc(CN2CCN3C(C(C)(C)C)=N[C@@H](C)C(C(C)(C)C)=C3C2)no1. The third-order valence-electron chi connectivity index (χ3n) is 5.18. The van der Waals surface area contributed by atoms with Crippen LogP contribution in [0.2, 0.25) is 0 Å². The maximum absolute atomic E-state index is 5.25. The fraction of sp³-hybridized carbons (Fsp3) is 0.714. The summed E-state index contributed by atoms with van der Waals surface area (Å²) in [6, 6.07) is 2.27. The molecule has 0 N–H and O–H groups in total. The molecule has 1 aromatic rings. The second kappa shape index (κ2) is 6.52. The molecule has 2 aliphatic rings. The molecule has 1 fully saturated rings. The molecule has 0 unspecified atom stereocenters. The van der Waals surface area contributed by atoms with Crippen LogP contribution in [-0.2, 0) is 6.54 Å². The average molecular weight is 359 g/mol. The van der Waals surface area contributed by atoms with Crippen LogP contribution in [0.1, 0.15) is 59.9 Å². The van der Waals surface area contributed by atoms with Gasteiger partial charge in [0.2, 0.25) is 0 Å². The number of amidine groups is 1. The topological polar surface area (TPSA) is 44.9 Å². The lowest BCUT2D eigenvalue weighted by Crippen LogP contribution is -2.53. The Balaban J connectivity index is 1.93. The summed E-state index contributed by atoms with van der Waals surface area (Å²) in [5, 5.41) is 4.18. The van der Waals surface area contributed by atoms with Gasteiger partial charge in [0.25, 0.3) is 0 Å². The van der Waals surface area contributed by atoms with Crippen molar-refractivity contribution in [1.29, 1.82) is 0 Å². The number of fused-ring (bicyclic) bond motifs is 1. The van der Waals surface area contributed by atoms with Gasteiger partial charge in [0.05, 0.1) is 11.7 Å². The quantitative estimate of drug-likeness (QED) is 0.793. The standard InChI is InChI=1S/C21H34N4O/c1-14-11-16(23-26-14)12-24-9-10-25-17(13-24)18(20(3,4)5)15(2)22-19(25)21(6,7)8/h11,15H,9-10,12-13H2,1-8H3/t15-/m0/s1. The lowest BCUT2D eigenvalue weighted by molar-refractivity contribution is 0.190. The fourth-order valence-corrected chi connectivity index (χ4v) is 4.29. The van der Waals surface area contributed by atoms with E-state index in [0.29, 0.717) is 0 Å². The number of aromatic nitrogens is 1. The molecule has 0 aliphatic carbocycles. The van der Waals surface area contributed by atoms with Crippen molar-refractivity contribution in [2.24, 2.45) is 15.8 Å². The molecule has 1 saturated heterocycles. The molecule has 0 aromatic carbocycles. The van der Waals surface area contributed by atoms with Gasteiger partial charge < -0.3 is 9.42 Å². The molecule has 5 heteroatoms. The minimum absolute atomic E-state index is 0.0499. The van der Waals surface area contributed by atoms with Crippen molar-refractivity contribution in [3.63, 3.8) is 0 Å². The summed E-state index contributed by atoms with van der Waals surface area (Å²) in [6.07, 6.45) is 0. The summed E-state index contributed by atoms with van der Waals surface area (Å²) >= 11 is 0. The first-order valence-corrected chi connectivity index (χ1v) is 9.70. The van der Waals surface area contributed by atoms with Crippen LogP contribution in [0.15, 0.2) is 26.9 Å². The molecule has 5 nitrogen and oxygen atoms in total. The van der Waals surface area contributed by atoms with E-state index in [9.17, 15) is 0 Å². The Morgan fingerprint density at radius 1 is 1.12 bits per heavy atom. The molecule has 0 spiro atoms. The van der Waals surface area contributed by atoms with E-state index in [-0.39, 0.29) is 16.9 Å². The molecule has 2 aliphatic heterocycles. The zero-order valence-corrected chi connectivity index (χ0v) is 17.7. The van der Waals surface area contributed by atoms with E-state index < -0.39 is 0 Å². The Bertz CT molecular complexity index is 730. The van der Waals surface area contributed by atoms with Crippen LogP contribution in [0.4, 0.5) is 0 Å². The van der Waals surface area contributed by atoms with Crippen molar-refractivity contribution in [2.75, 3.05) is 19.6 Å². The Hall–Kier alpha value is -1.62. The highest BCUT2D eigenvalue weighted by molar-refractivity contribution is 5.90. The molecule has 1 atom stereocenters. The summed E-state index contributed by atoms with van der Waals surface area (Å²) in [6.45, 7) is 21.7. The predicted molar refractivity (Wildman–Crippen MR) is 106 cm³/mol. The fourth-order valence-electron chi connectivity index (χ4n) is 4.29. The highest BCUT2D eigenvalue weighted by Crippen LogP contribution is 2.40. The number of nitrogens with zero attached hydrogens (tertiary/aromatic N) is 4. The molecule has 3 heterocycles. The molecule has 0 amide bonds. The first kappa shape index (κ1) is 19.2. The number of piperazine rings is 1. The van der Waals surface area contributed by atoms with Gasteiger partial charge >= 0.3 is 0 Å². The maximum atomic E-state index is 5.25. The molecule has 0 saturated carbocycles. The molecule has 0 radical (unpaired) electrons. The van der Waals surface area contributed by atoms with Gasteiger partial charge in [-0.1, -0.05) is 46.7 Å². The van der Waals surface area contributed by atoms with Crippen LogP contribution in [0.3, 0.4) is 0 Å². The van der Waals surface area contributed by atoms with Crippen LogP contribution >= 0.6 is 0 Å². The van der Waals surface area contributed by atoms with Gasteiger partial charge in [0, 0.05) is 43.4 Å². The third kappa shape index (κ3) is 3.73. The van der Waals surface area contributed by atoms with E-state index in [1.54, 1.807) is 0 Å². The van der Waals surface area contributed by atoms with Crippen LogP contribution in [0, 0.1) is 17.8 Å². The minimum atomic E-state index is 0.0499. The molecule has 3 rings (SSSR count). The van der Waals surface area contributed by atoms with Crippen LogP contribution in [0.25, 0.3) is 0 Å². The first-order valence-electron chi connectivity index (χ1n) is 9.70. The highest BCUT2D eigenvalue weighted by atomic mass is 16.5. The van der Waals surface area contributed by atoms with Crippen molar-refractivity contribution in [3.8, 4) is 0 Å². The monoisotopic (exact) mass is 358 g/mol. The Labute approximate surface area is 158 Å². The zero-order chi connectivity index (χ0) is 19.3. The van der Waals surface area contributed by atoms with E-state index in [0.717, 1.165) is 37.6 Å². The Kier molecular flexibility index (Phi) is 4.80. The molecule has 0 bridgehead atoms. The first-order chi connectivity index (χ1) is 12.0. The van der Waals surface area contributed by atoms with E-state index in [2.05, 4.69) is 63.4 Å². The van der Waals surface area contributed by atoms with E-state index >= 15 is 0 Å². The summed E-state index contributed by atoms with van der Waals surface area (Å²) in [4.78, 5) is 10.1. The lowest BCUT2D eigenvalue weighted by Gasteiger charge is -2.48. The van der Waals surface area contributed by atoms with Gasteiger partial charge in [0.1, 0.15) is 11.6 Å². The van der Waals surface area contributed by atoms with Crippen LogP contribution in [-0.4, -0.2) is 46.5 Å². The molecule has 144 valence electrons. The van der Waals surface area contributed by atoms with E-state index in [1.165, 1.54) is 17.1 Å². The Morgan fingerprint density at radius 3 is 2.35 bits per heavy atom.